The highest BCUT2D eigenvalue weighted by Crippen LogP contribution is 2.16. The monoisotopic (exact) mass is 369 g/mol. The molecule has 140 valence electrons. The van der Waals surface area contributed by atoms with Crippen LogP contribution >= 0.6 is 0 Å². The Morgan fingerprint density at radius 2 is 1.85 bits per heavy atom. The van der Waals surface area contributed by atoms with Gasteiger partial charge in [0.15, 0.2) is 0 Å². The van der Waals surface area contributed by atoms with E-state index in [4.69, 9.17) is 9.26 Å². The minimum Gasteiger partial charge on any atom is -0.497 e. The van der Waals surface area contributed by atoms with Gasteiger partial charge in [-0.1, -0.05) is 17.3 Å². The Labute approximate surface area is 156 Å². The van der Waals surface area contributed by atoms with Crippen LogP contribution in [0.2, 0.25) is 0 Å². The molecule has 1 amide bonds. The molecule has 2 aromatic carbocycles. The zero-order valence-corrected chi connectivity index (χ0v) is 14.9. The lowest BCUT2D eigenvalue weighted by atomic mass is 10.1. The maximum Gasteiger partial charge on any atom is 0.227 e. The molecule has 0 fully saturated rings. The highest BCUT2D eigenvalue weighted by atomic mass is 19.1. The van der Waals surface area contributed by atoms with Crippen LogP contribution in [0, 0.1) is 5.82 Å². The molecule has 0 saturated heterocycles. The third kappa shape index (κ3) is 5.37. The number of rotatable bonds is 8. The number of carbonyl (C=O) groups excluding carboxylic acids is 1. The molecule has 1 aromatic heterocycles. The number of halogens is 1. The third-order valence-electron chi connectivity index (χ3n) is 4.03. The van der Waals surface area contributed by atoms with Gasteiger partial charge in [0.1, 0.15) is 11.6 Å². The summed E-state index contributed by atoms with van der Waals surface area (Å²) >= 11 is 0. The van der Waals surface area contributed by atoms with Crippen molar-refractivity contribution >= 4 is 5.91 Å². The van der Waals surface area contributed by atoms with Crippen molar-refractivity contribution in [3.63, 3.8) is 0 Å². The smallest absolute Gasteiger partial charge is 0.227 e. The number of methoxy groups -OCH3 is 1. The Morgan fingerprint density at radius 3 is 2.56 bits per heavy atom. The van der Waals surface area contributed by atoms with Crippen molar-refractivity contribution in [2.24, 2.45) is 0 Å². The molecule has 1 N–H and O–H groups in total. The molecule has 0 aliphatic heterocycles. The quantitative estimate of drug-likeness (QED) is 0.660. The molecule has 3 aromatic rings. The maximum atomic E-state index is 12.9. The second kappa shape index (κ2) is 8.93. The van der Waals surface area contributed by atoms with Gasteiger partial charge in [-0.2, -0.15) is 4.98 Å². The predicted octanol–water partition coefficient (Wildman–Crippen LogP) is 3.18. The summed E-state index contributed by atoms with van der Waals surface area (Å²) < 4.78 is 23.2. The van der Waals surface area contributed by atoms with Gasteiger partial charge in [0.05, 0.1) is 7.11 Å². The lowest BCUT2D eigenvalue weighted by molar-refractivity contribution is -0.121. The fourth-order valence-electron chi connectivity index (χ4n) is 2.52. The van der Waals surface area contributed by atoms with Crippen LogP contribution < -0.4 is 10.1 Å². The van der Waals surface area contributed by atoms with Crippen molar-refractivity contribution < 1.29 is 18.4 Å². The summed E-state index contributed by atoms with van der Waals surface area (Å²) in [6.07, 6.45) is 1.35. The van der Waals surface area contributed by atoms with Crippen LogP contribution in [0.3, 0.4) is 0 Å². The van der Waals surface area contributed by atoms with Crippen molar-refractivity contribution in [2.45, 2.75) is 19.3 Å². The fraction of sp³-hybridized carbons (Fsp3) is 0.250. The number of aromatic nitrogens is 2. The SMILES string of the molecule is COc1ccc(CCNC(=O)CCc2nc(-c3ccc(F)cc3)no2)cc1. The summed E-state index contributed by atoms with van der Waals surface area (Å²) in [4.78, 5) is 16.2. The molecule has 7 heteroatoms. The van der Waals surface area contributed by atoms with Crippen molar-refractivity contribution in [3.8, 4) is 17.1 Å². The minimum atomic E-state index is -0.325. The number of carbonyl (C=O) groups is 1. The van der Waals surface area contributed by atoms with E-state index in [1.165, 1.54) is 12.1 Å². The molecule has 27 heavy (non-hydrogen) atoms. The molecule has 0 atom stereocenters. The number of nitrogens with one attached hydrogen (secondary N) is 1. The van der Waals surface area contributed by atoms with Gasteiger partial charge >= 0.3 is 0 Å². The minimum absolute atomic E-state index is 0.0787. The maximum absolute atomic E-state index is 12.9. The van der Waals surface area contributed by atoms with Crippen LogP contribution in [-0.2, 0) is 17.6 Å². The van der Waals surface area contributed by atoms with Gasteiger partial charge in [-0.3, -0.25) is 4.79 Å². The summed E-state index contributed by atoms with van der Waals surface area (Å²) in [6.45, 7) is 0.551. The lowest BCUT2D eigenvalue weighted by Crippen LogP contribution is -2.25. The summed E-state index contributed by atoms with van der Waals surface area (Å²) in [7, 11) is 1.63. The zero-order chi connectivity index (χ0) is 19.1. The molecule has 1 heterocycles. The standard InChI is InChI=1S/C20H20FN3O3/c1-26-17-8-2-14(3-9-17)12-13-22-18(25)10-11-19-23-20(24-27-19)15-4-6-16(21)7-5-15/h2-9H,10-13H2,1H3,(H,22,25). The van der Waals surface area contributed by atoms with E-state index in [9.17, 15) is 9.18 Å². The van der Waals surface area contributed by atoms with E-state index in [0.717, 1.165) is 17.7 Å². The van der Waals surface area contributed by atoms with E-state index in [-0.39, 0.29) is 18.1 Å². The zero-order valence-electron chi connectivity index (χ0n) is 14.9. The Bertz CT molecular complexity index is 876. The van der Waals surface area contributed by atoms with Gasteiger partial charge < -0.3 is 14.6 Å². The molecule has 0 saturated carbocycles. The molecule has 0 spiro atoms. The highest BCUT2D eigenvalue weighted by molar-refractivity contribution is 5.76. The molecule has 0 radical (unpaired) electrons. The molecule has 6 nitrogen and oxygen atoms in total. The van der Waals surface area contributed by atoms with Gasteiger partial charge in [0.25, 0.3) is 0 Å². The van der Waals surface area contributed by atoms with Crippen molar-refractivity contribution in [2.75, 3.05) is 13.7 Å². The number of benzene rings is 2. The first-order chi connectivity index (χ1) is 13.1. The summed E-state index contributed by atoms with van der Waals surface area (Å²) in [5.74, 6) is 1.16. The highest BCUT2D eigenvalue weighted by Gasteiger charge is 2.10. The number of aryl methyl sites for hydroxylation is 1. The Hall–Kier alpha value is -3.22. The second-order valence-corrected chi connectivity index (χ2v) is 5.97. The van der Waals surface area contributed by atoms with E-state index < -0.39 is 0 Å². The van der Waals surface area contributed by atoms with Gasteiger partial charge in [0, 0.05) is 24.9 Å². The molecule has 0 aliphatic carbocycles. The first-order valence-electron chi connectivity index (χ1n) is 8.62. The second-order valence-electron chi connectivity index (χ2n) is 5.97. The van der Waals surface area contributed by atoms with E-state index in [0.29, 0.717) is 30.2 Å². The van der Waals surface area contributed by atoms with Crippen LogP contribution in [0.25, 0.3) is 11.4 Å². The first kappa shape index (κ1) is 18.6. The van der Waals surface area contributed by atoms with E-state index in [1.807, 2.05) is 24.3 Å². The number of nitrogens with zero attached hydrogens (tertiary/aromatic N) is 2. The van der Waals surface area contributed by atoms with E-state index >= 15 is 0 Å². The topological polar surface area (TPSA) is 77.2 Å². The average molecular weight is 369 g/mol. The molecule has 0 aliphatic rings. The number of hydrogen-bond acceptors (Lipinski definition) is 5. The van der Waals surface area contributed by atoms with E-state index in [2.05, 4.69) is 15.5 Å². The van der Waals surface area contributed by atoms with Crippen LogP contribution in [0.15, 0.2) is 53.1 Å². The summed E-state index contributed by atoms with van der Waals surface area (Å²) in [6, 6.07) is 13.6. The lowest BCUT2D eigenvalue weighted by Gasteiger charge is -2.05. The third-order valence-corrected chi connectivity index (χ3v) is 4.03. The molecule has 0 unspecified atom stereocenters. The molecular formula is C20H20FN3O3. The summed E-state index contributed by atoms with van der Waals surface area (Å²) in [5.41, 5.74) is 1.78. The van der Waals surface area contributed by atoms with Gasteiger partial charge in [-0.25, -0.2) is 4.39 Å². The fourth-order valence-corrected chi connectivity index (χ4v) is 2.52. The van der Waals surface area contributed by atoms with Gasteiger partial charge in [-0.05, 0) is 48.4 Å². The van der Waals surface area contributed by atoms with Crippen LogP contribution in [-0.4, -0.2) is 29.7 Å². The van der Waals surface area contributed by atoms with Crippen molar-refractivity contribution in [1.29, 1.82) is 0 Å². The normalized spacial score (nSPS) is 10.6. The van der Waals surface area contributed by atoms with Crippen molar-refractivity contribution in [3.05, 3.63) is 65.8 Å². The average Bonchev–Trinajstić information content (AvgIpc) is 3.16. The Kier molecular flexibility index (Phi) is 6.14. The van der Waals surface area contributed by atoms with Gasteiger partial charge in [-0.15, -0.1) is 0 Å². The van der Waals surface area contributed by atoms with E-state index in [1.54, 1.807) is 19.2 Å². The van der Waals surface area contributed by atoms with Gasteiger partial charge in [0.2, 0.25) is 17.6 Å². The van der Waals surface area contributed by atoms with Crippen LogP contribution in [0.4, 0.5) is 4.39 Å². The molecule has 0 bridgehead atoms. The Morgan fingerprint density at radius 1 is 1.11 bits per heavy atom. The van der Waals surface area contributed by atoms with Crippen molar-refractivity contribution in [1.82, 2.24) is 15.5 Å². The van der Waals surface area contributed by atoms with Crippen LogP contribution in [0.1, 0.15) is 17.9 Å². The molecular weight excluding hydrogens is 349 g/mol. The Balaban J connectivity index is 1.42. The first-order valence-corrected chi connectivity index (χ1v) is 8.62. The number of ether oxygens (including phenoxy) is 1. The number of hydrogen-bond donors (Lipinski definition) is 1. The molecule has 3 rings (SSSR count). The number of amides is 1. The summed E-state index contributed by atoms with van der Waals surface area (Å²) in [5, 5.41) is 6.73. The predicted molar refractivity (Wildman–Crippen MR) is 97.7 cm³/mol. The van der Waals surface area contributed by atoms with Crippen LogP contribution in [0.5, 0.6) is 5.75 Å². The largest absolute Gasteiger partial charge is 0.497 e.